The highest BCUT2D eigenvalue weighted by molar-refractivity contribution is 7.98. The number of rotatable bonds is 5. The predicted octanol–water partition coefficient (Wildman–Crippen LogP) is 2.88. The molecule has 6 heteroatoms. The van der Waals surface area contributed by atoms with Crippen molar-refractivity contribution in [3.05, 3.63) is 59.7 Å². The molecule has 0 spiro atoms. The second kappa shape index (κ2) is 8.38. The second-order valence-electron chi connectivity index (χ2n) is 5.88. The number of hydrogen-bond donors (Lipinski definition) is 2. The summed E-state index contributed by atoms with van der Waals surface area (Å²) in [7, 11) is 0. The SMILES string of the molecule is CSc1cccc(C(C(=O)NO)c2ccc(N3CCOCC3)cc2)c1. The average molecular weight is 358 g/mol. The summed E-state index contributed by atoms with van der Waals surface area (Å²) in [4.78, 5) is 15.7. The van der Waals surface area contributed by atoms with E-state index in [1.165, 1.54) is 0 Å². The fourth-order valence-corrected chi connectivity index (χ4v) is 3.55. The fraction of sp³-hybridized carbons (Fsp3) is 0.316. The van der Waals surface area contributed by atoms with Crippen molar-refractivity contribution in [1.29, 1.82) is 0 Å². The van der Waals surface area contributed by atoms with Gasteiger partial charge in [-0.3, -0.25) is 10.0 Å². The number of thioether (sulfide) groups is 1. The molecule has 1 amide bonds. The summed E-state index contributed by atoms with van der Waals surface area (Å²) in [5, 5.41) is 9.19. The summed E-state index contributed by atoms with van der Waals surface area (Å²) in [6, 6.07) is 15.8. The molecule has 1 aliphatic heterocycles. The standard InChI is InChI=1S/C19H22N2O3S/c1-25-17-4-2-3-15(13-17)18(19(22)20-23)14-5-7-16(8-6-14)21-9-11-24-12-10-21/h2-8,13,18,23H,9-12H2,1H3,(H,20,22). The van der Waals surface area contributed by atoms with E-state index in [4.69, 9.17) is 4.74 Å². The molecule has 0 radical (unpaired) electrons. The Bertz CT molecular complexity index is 715. The molecule has 0 aromatic heterocycles. The van der Waals surface area contributed by atoms with E-state index in [9.17, 15) is 10.0 Å². The number of ether oxygens (including phenoxy) is 1. The highest BCUT2D eigenvalue weighted by Crippen LogP contribution is 2.29. The largest absolute Gasteiger partial charge is 0.378 e. The first-order valence-corrected chi connectivity index (χ1v) is 9.46. The van der Waals surface area contributed by atoms with E-state index in [0.29, 0.717) is 0 Å². The van der Waals surface area contributed by atoms with Crippen molar-refractivity contribution >= 4 is 23.4 Å². The lowest BCUT2D eigenvalue weighted by atomic mass is 9.90. The third-order valence-corrected chi connectivity index (χ3v) is 5.13. The first kappa shape index (κ1) is 17.8. The Morgan fingerprint density at radius 2 is 1.88 bits per heavy atom. The van der Waals surface area contributed by atoms with Gasteiger partial charge < -0.3 is 9.64 Å². The van der Waals surface area contributed by atoms with Gasteiger partial charge in [-0.2, -0.15) is 0 Å². The molecule has 25 heavy (non-hydrogen) atoms. The first-order valence-electron chi connectivity index (χ1n) is 8.23. The molecule has 1 unspecified atom stereocenters. The van der Waals surface area contributed by atoms with E-state index in [2.05, 4.69) is 4.90 Å². The number of morpholine rings is 1. The number of carbonyl (C=O) groups is 1. The van der Waals surface area contributed by atoms with Crippen LogP contribution in [0.5, 0.6) is 0 Å². The molecule has 0 saturated carbocycles. The predicted molar refractivity (Wildman–Crippen MR) is 99.5 cm³/mol. The van der Waals surface area contributed by atoms with Crippen LogP contribution in [0.3, 0.4) is 0 Å². The zero-order valence-electron chi connectivity index (χ0n) is 14.1. The van der Waals surface area contributed by atoms with Gasteiger partial charge in [0.1, 0.15) is 0 Å². The topological polar surface area (TPSA) is 61.8 Å². The van der Waals surface area contributed by atoms with Crippen LogP contribution in [0.25, 0.3) is 0 Å². The Kier molecular flexibility index (Phi) is 5.96. The van der Waals surface area contributed by atoms with Gasteiger partial charge >= 0.3 is 0 Å². The molecular formula is C19H22N2O3S. The summed E-state index contributed by atoms with van der Waals surface area (Å²) in [5.74, 6) is -0.979. The van der Waals surface area contributed by atoms with E-state index in [-0.39, 0.29) is 0 Å². The number of carbonyl (C=O) groups excluding carboxylic acids is 1. The average Bonchev–Trinajstić information content (AvgIpc) is 2.69. The van der Waals surface area contributed by atoms with E-state index in [1.807, 2.05) is 54.8 Å². The Labute approximate surface area is 151 Å². The van der Waals surface area contributed by atoms with Gasteiger partial charge in [-0.15, -0.1) is 11.8 Å². The molecule has 2 aromatic carbocycles. The Morgan fingerprint density at radius 3 is 2.52 bits per heavy atom. The first-order chi connectivity index (χ1) is 12.2. The van der Waals surface area contributed by atoms with Gasteiger partial charge in [0, 0.05) is 23.7 Å². The molecule has 1 saturated heterocycles. The highest BCUT2D eigenvalue weighted by Gasteiger charge is 2.23. The molecule has 0 bridgehead atoms. The maximum absolute atomic E-state index is 12.3. The van der Waals surface area contributed by atoms with Crippen molar-refractivity contribution in [3.8, 4) is 0 Å². The normalized spacial score (nSPS) is 15.7. The molecular weight excluding hydrogens is 336 g/mol. The van der Waals surface area contributed by atoms with Crippen molar-refractivity contribution in [2.24, 2.45) is 0 Å². The molecule has 3 rings (SSSR count). The van der Waals surface area contributed by atoms with Crippen molar-refractivity contribution in [3.63, 3.8) is 0 Å². The van der Waals surface area contributed by atoms with Gasteiger partial charge in [-0.25, -0.2) is 5.48 Å². The zero-order chi connectivity index (χ0) is 17.6. The summed E-state index contributed by atoms with van der Waals surface area (Å²) in [6.07, 6.45) is 2.00. The maximum Gasteiger partial charge on any atom is 0.255 e. The number of nitrogens with zero attached hydrogens (tertiary/aromatic N) is 1. The van der Waals surface area contributed by atoms with E-state index >= 15 is 0 Å². The van der Waals surface area contributed by atoms with Crippen LogP contribution in [0, 0.1) is 0 Å². The van der Waals surface area contributed by atoms with Crippen LogP contribution in [-0.4, -0.2) is 43.7 Å². The molecule has 5 nitrogen and oxygen atoms in total. The summed E-state index contributed by atoms with van der Waals surface area (Å²) >= 11 is 1.62. The minimum Gasteiger partial charge on any atom is -0.378 e. The van der Waals surface area contributed by atoms with E-state index in [0.717, 1.165) is 48.0 Å². The zero-order valence-corrected chi connectivity index (χ0v) is 15.0. The molecule has 1 atom stereocenters. The maximum atomic E-state index is 12.3. The van der Waals surface area contributed by atoms with E-state index < -0.39 is 11.8 Å². The van der Waals surface area contributed by atoms with Crippen LogP contribution in [0.2, 0.25) is 0 Å². The van der Waals surface area contributed by atoms with Crippen molar-refractivity contribution < 1.29 is 14.7 Å². The summed E-state index contributed by atoms with van der Waals surface area (Å²) in [6.45, 7) is 3.21. The number of hydrogen-bond acceptors (Lipinski definition) is 5. The minimum atomic E-state index is -0.546. The Morgan fingerprint density at radius 1 is 1.16 bits per heavy atom. The third-order valence-electron chi connectivity index (χ3n) is 4.40. The van der Waals surface area contributed by atoms with Gasteiger partial charge in [0.25, 0.3) is 5.91 Å². The number of anilines is 1. The lowest BCUT2D eigenvalue weighted by Crippen LogP contribution is -2.36. The highest BCUT2D eigenvalue weighted by atomic mass is 32.2. The smallest absolute Gasteiger partial charge is 0.255 e. The fourth-order valence-electron chi connectivity index (χ4n) is 3.08. The van der Waals surface area contributed by atoms with Gasteiger partial charge in [-0.1, -0.05) is 24.3 Å². The van der Waals surface area contributed by atoms with Crippen molar-refractivity contribution in [2.75, 3.05) is 37.5 Å². The summed E-state index contributed by atoms with van der Waals surface area (Å²) < 4.78 is 5.38. The van der Waals surface area contributed by atoms with Gasteiger partial charge in [0.2, 0.25) is 0 Å². The second-order valence-corrected chi connectivity index (χ2v) is 6.76. The van der Waals surface area contributed by atoms with Crippen LogP contribution in [0.4, 0.5) is 5.69 Å². The van der Waals surface area contributed by atoms with Gasteiger partial charge in [-0.05, 0) is 41.6 Å². The number of hydroxylamine groups is 1. The summed E-state index contributed by atoms with van der Waals surface area (Å²) in [5.41, 5.74) is 4.63. The third kappa shape index (κ3) is 4.15. The van der Waals surface area contributed by atoms with Gasteiger partial charge in [0.15, 0.2) is 0 Å². The van der Waals surface area contributed by atoms with Crippen LogP contribution in [-0.2, 0) is 9.53 Å². The Balaban J connectivity index is 1.89. The Hall–Kier alpha value is -2.02. The van der Waals surface area contributed by atoms with Gasteiger partial charge in [0.05, 0.1) is 19.1 Å². The molecule has 1 heterocycles. The minimum absolute atomic E-state index is 0.433. The lowest BCUT2D eigenvalue weighted by Gasteiger charge is -2.29. The number of amides is 1. The van der Waals surface area contributed by atoms with Crippen molar-refractivity contribution in [2.45, 2.75) is 10.8 Å². The monoisotopic (exact) mass is 358 g/mol. The van der Waals surface area contributed by atoms with Crippen LogP contribution in [0.15, 0.2) is 53.4 Å². The molecule has 2 N–H and O–H groups in total. The van der Waals surface area contributed by atoms with E-state index in [1.54, 1.807) is 17.2 Å². The molecule has 2 aromatic rings. The number of benzene rings is 2. The van der Waals surface area contributed by atoms with Crippen LogP contribution >= 0.6 is 11.8 Å². The molecule has 132 valence electrons. The van der Waals surface area contributed by atoms with Crippen LogP contribution in [0.1, 0.15) is 17.0 Å². The quantitative estimate of drug-likeness (QED) is 0.489. The van der Waals surface area contributed by atoms with Crippen LogP contribution < -0.4 is 10.4 Å². The van der Waals surface area contributed by atoms with Crippen molar-refractivity contribution in [1.82, 2.24) is 5.48 Å². The molecule has 1 fully saturated rings. The molecule has 0 aliphatic carbocycles. The number of nitrogens with one attached hydrogen (secondary N) is 1. The molecule has 1 aliphatic rings. The lowest BCUT2D eigenvalue weighted by molar-refractivity contribution is -0.129.